The van der Waals surface area contributed by atoms with Gasteiger partial charge in [-0.1, -0.05) is 12.1 Å². The van der Waals surface area contributed by atoms with E-state index in [0.29, 0.717) is 13.2 Å². The van der Waals surface area contributed by atoms with Crippen molar-refractivity contribution in [3.8, 4) is 5.75 Å². The topological polar surface area (TPSA) is 61.8 Å². The minimum absolute atomic E-state index is 0.0748. The Morgan fingerprint density at radius 3 is 2.77 bits per heavy atom. The van der Waals surface area contributed by atoms with Crippen LogP contribution in [-0.4, -0.2) is 48.4 Å². The predicted molar refractivity (Wildman–Crippen MR) is 86.1 cm³/mol. The molecule has 0 aliphatic heterocycles. The van der Waals surface area contributed by atoms with Crippen molar-refractivity contribution < 1.29 is 14.6 Å². The van der Waals surface area contributed by atoms with E-state index in [-0.39, 0.29) is 18.2 Å². The van der Waals surface area contributed by atoms with Crippen molar-refractivity contribution in [1.82, 2.24) is 10.2 Å². The van der Waals surface area contributed by atoms with Gasteiger partial charge < -0.3 is 20.1 Å². The Hall–Kier alpha value is -1.75. The number of aliphatic hydroxyl groups excluding tert-OH is 1. The number of nitrogens with one attached hydrogen (secondary N) is 1. The Morgan fingerprint density at radius 1 is 1.36 bits per heavy atom. The molecule has 22 heavy (non-hydrogen) atoms. The highest BCUT2D eigenvalue weighted by Gasteiger charge is 2.21. The largest absolute Gasteiger partial charge is 0.492 e. The second-order valence-corrected chi connectivity index (χ2v) is 6.04. The number of benzene rings is 1. The average molecular weight is 306 g/mol. The lowest BCUT2D eigenvalue weighted by molar-refractivity contribution is 0.115. The van der Waals surface area contributed by atoms with E-state index in [9.17, 15) is 9.90 Å². The zero-order chi connectivity index (χ0) is 15.9. The van der Waals surface area contributed by atoms with E-state index in [2.05, 4.69) is 5.32 Å². The summed E-state index contributed by atoms with van der Waals surface area (Å²) in [6.07, 6.45) is 3.03. The van der Waals surface area contributed by atoms with Crippen LogP contribution in [0.15, 0.2) is 24.3 Å². The fourth-order valence-corrected chi connectivity index (χ4v) is 2.61. The molecule has 2 amide bonds. The van der Waals surface area contributed by atoms with Gasteiger partial charge in [0.05, 0.1) is 12.6 Å². The number of amides is 2. The Balaban J connectivity index is 1.68. The van der Waals surface area contributed by atoms with Crippen LogP contribution in [0.1, 0.15) is 31.2 Å². The van der Waals surface area contributed by atoms with Crippen molar-refractivity contribution in [3.05, 3.63) is 29.8 Å². The van der Waals surface area contributed by atoms with Crippen molar-refractivity contribution in [2.75, 3.05) is 20.2 Å². The molecule has 1 aromatic rings. The summed E-state index contributed by atoms with van der Waals surface area (Å²) < 4.78 is 5.66. The number of carbonyl (C=O) groups excluding carboxylic acids is 1. The van der Waals surface area contributed by atoms with Crippen molar-refractivity contribution in [2.45, 2.75) is 44.8 Å². The van der Waals surface area contributed by atoms with Crippen molar-refractivity contribution in [2.24, 2.45) is 0 Å². The van der Waals surface area contributed by atoms with Gasteiger partial charge in [0.2, 0.25) is 0 Å². The molecule has 0 bridgehead atoms. The Bertz CT molecular complexity index is 485. The third kappa shape index (κ3) is 5.22. The molecule has 0 heterocycles. The van der Waals surface area contributed by atoms with Gasteiger partial charge in [0, 0.05) is 13.1 Å². The summed E-state index contributed by atoms with van der Waals surface area (Å²) >= 11 is 0. The number of ether oxygens (including phenoxy) is 1. The second-order valence-electron chi connectivity index (χ2n) is 6.04. The number of aliphatic hydroxyl groups is 1. The summed E-state index contributed by atoms with van der Waals surface area (Å²) in [5.41, 5.74) is 1.16. The Morgan fingerprint density at radius 2 is 2.09 bits per heavy atom. The van der Waals surface area contributed by atoms with E-state index in [1.165, 1.54) is 0 Å². The molecule has 0 spiro atoms. The van der Waals surface area contributed by atoms with Gasteiger partial charge in [-0.3, -0.25) is 0 Å². The number of hydrogen-bond donors (Lipinski definition) is 2. The number of hydrogen-bond acceptors (Lipinski definition) is 3. The minimum Gasteiger partial charge on any atom is -0.492 e. The molecule has 5 nitrogen and oxygen atoms in total. The van der Waals surface area contributed by atoms with Crippen molar-refractivity contribution in [1.29, 1.82) is 0 Å². The predicted octanol–water partition coefficient (Wildman–Crippen LogP) is 2.32. The lowest BCUT2D eigenvalue weighted by Crippen LogP contribution is -2.45. The molecule has 1 aromatic carbocycles. The first-order valence-corrected chi connectivity index (χ1v) is 7.94. The lowest BCUT2D eigenvalue weighted by Gasteiger charge is -2.28. The van der Waals surface area contributed by atoms with Crippen LogP contribution >= 0.6 is 0 Å². The van der Waals surface area contributed by atoms with Crippen molar-refractivity contribution >= 4 is 6.03 Å². The first kappa shape index (κ1) is 16.6. The summed E-state index contributed by atoms with van der Waals surface area (Å²) in [5.74, 6) is 0.829. The monoisotopic (exact) mass is 306 g/mol. The average Bonchev–Trinajstić information content (AvgIpc) is 2.49. The molecule has 1 saturated carbocycles. The van der Waals surface area contributed by atoms with Crippen LogP contribution in [0.25, 0.3) is 0 Å². The van der Waals surface area contributed by atoms with Gasteiger partial charge in [-0.25, -0.2) is 4.79 Å². The highest BCUT2D eigenvalue weighted by Crippen LogP contribution is 2.18. The fourth-order valence-electron chi connectivity index (χ4n) is 2.61. The lowest BCUT2D eigenvalue weighted by atomic mass is 9.93. The van der Waals surface area contributed by atoms with Gasteiger partial charge in [0.15, 0.2) is 0 Å². The maximum Gasteiger partial charge on any atom is 0.317 e. The van der Waals surface area contributed by atoms with E-state index >= 15 is 0 Å². The third-order valence-electron chi connectivity index (χ3n) is 4.06. The summed E-state index contributed by atoms with van der Waals surface area (Å²) in [7, 11) is 1.77. The van der Waals surface area contributed by atoms with E-state index < -0.39 is 0 Å². The van der Waals surface area contributed by atoms with Crippen LogP contribution in [0.4, 0.5) is 4.79 Å². The smallest absolute Gasteiger partial charge is 0.317 e. The van der Waals surface area contributed by atoms with Gasteiger partial charge in [0.25, 0.3) is 0 Å². The van der Waals surface area contributed by atoms with Crippen LogP contribution in [0.5, 0.6) is 5.75 Å². The third-order valence-corrected chi connectivity index (χ3v) is 4.06. The quantitative estimate of drug-likeness (QED) is 0.877. The summed E-state index contributed by atoms with van der Waals surface area (Å²) in [6, 6.07) is 7.98. The molecule has 2 rings (SSSR count). The van der Waals surface area contributed by atoms with Crippen LogP contribution in [0, 0.1) is 6.92 Å². The molecular formula is C17H26N2O3. The zero-order valence-electron chi connectivity index (χ0n) is 13.4. The van der Waals surface area contributed by atoms with Gasteiger partial charge in [0.1, 0.15) is 12.4 Å². The normalized spacial score (nSPS) is 21.2. The summed E-state index contributed by atoms with van der Waals surface area (Å²) in [5, 5.41) is 12.5. The molecule has 1 aliphatic carbocycles. The van der Waals surface area contributed by atoms with E-state index in [4.69, 9.17) is 4.74 Å². The molecule has 1 fully saturated rings. The van der Waals surface area contributed by atoms with Crippen LogP contribution < -0.4 is 10.1 Å². The van der Waals surface area contributed by atoms with Gasteiger partial charge in [-0.15, -0.1) is 0 Å². The van der Waals surface area contributed by atoms with Crippen molar-refractivity contribution in [3.63, 3.8) is 0 Å². The molecule has 2 N–H and O–H groups in total. The Kier molecular flexibility index (Phi) is 6.07. The van der Waals surface area contributed by atoms with Gasteiger partial charge in [-0.2, -0.15) is 0 Å². The standard InChI is InChI=1S/C17H26N2O3/c1-13-4-3-5-16(12-13)22-11-10-19(2)17(21)18-14-6-8-15(20)9-7-14/h3-5,12,14-15,20H,6-11H2,1-2H3,(H,18,21). The maximum absolute atomic E-state index is 12.1. The van der Waals surface area contributed by atoms with Gasteiger partial charge >= 0.3 is 6.03 Å². The highest BCUT2D eigenvalue weighted by molar-refractivity contribution is 5.74. The van der Waals surface area contributed by atoms with Crippen LogP contribution in [-0.2, 0) is 0 Å². The number of rotatable bonds is 5. The number of likely N-dealkylation sites (N-methyl/N-ethyl adjacent to an activating group) is 1. The summed E-state index contributed by atoms with van der Waals surface area (Å²) in [6.45, 7) is 3.03. The second kappa shape index (κ2) is 8.03. The molecule has 0 atom stereocenters. The molecule has 5 heteroatoms. The molecule has 0 unspecified atom stereocenters. The van der Waals surface area contributed by atoms with Crippen LogP contribution in [0.3, 0.4) is 0 Å². The van der Waals surface area contributed by atoms with E-state index in [0.717, 1.165) is 37.0 Å². The summed E-state index contributed by atoms with van der Waals surface area (Å²) in [4.78, 5) is 13.7. The maximum atomic E-state index is 12.1. The number of carbonyl (C=O) groups is 1. The SMILES string of the molecule is Cc1cccc(OCCN(C)C(=O)NC2CCC(O)CC2)c1. The van der Waals surface area contributed by atoms with Crippen LogP contribution in [0.2, 0.25) is 0 Å². The molecule has 122 valence electrons. The number of urea groups is 1. The van der Waals surface area contributed by atoms with E-state index in [1.54, 1.807) is 11.9 Å². The fraction of sp³-hybridized carbons (Fsp3) is 0.588. The first-order valence-electron chi connectivity index (χ1n) is 7.94. The van der Waals surface area contributed by atoms with Gasteiger partial charge in [-0.05, 0) is 50.3 Å². The first-order chi connectivity index (χ1) is 10.5. The molecular weight excluding hydrogens is 280 g/mol. The molecule has 0 radical (unpaired) electrons. The minimum atomic E-state index is -0.200. The molecule has 1 aliphatic rings. The highest BCUT2D eigenvalue weighted by atomic mass is 16.5. The zero-order valence-corrected chi connectivity index (χ0v) is 13.4. The number of nitrogens with zero attached hydrogens (tertiary/aromatic N) is 1. The number of aryl methyl sites for hydroxylation is 1. The molecule has 0 saturated heterocycles. The Labute approximate surface area is 132 Å². The molecule has 0 aromatic heterocycles. The van der Waals surface area contributed by atoms with E-state index in [1.807, 2.05) is 31.2 Å².